The summed E-state index contributed by atoms with van der Waals surface area (Å²) in [5.74, 6) is -0.894. The lowest BCUT2D eigenvalue weighted by Crippen LogP contribution is -2.16. The smallest absolute Gasteiger partial charge is 0.433 e. The number of pyridine rings is 1. The molecular weight excluding hydrogens is 263 g/mol. The molecule has 0 saturated carbocycles. The molecule has 0 radical (unpaired) electrons. The maximum atomic E-state index is 12.4. The van der Waals surface area contributed by atoms with Crippen molar-refractivity contribution in [2.45, 2.75) is 25.9 Å². The van der Waals surface area contributed by atoms with Crippen LogP contribution in [0.2, 0.25) is 0 Å². The van der Waals surface area contributed by atoms with Gasteiger partial charge in [0.1, 0.15) is 5.69 Å². The Morgan fingerprint density at radius 3 is 2.74 bits per heavy atom. The van der Waals surface area contributed by atoms with E-state index in [-0.39, 0.29) is 12.5 Å². The fraction of sp³-hybridized carbons (Fsp3) is 0.500. The Morgan fingerprint density at radius 2 is 2.11 bits per heavy atom. The van der Waals surface area contributed by atoms with E-state index in [4.69, 9.17) is 9.47 Å². The Labute approximate surface area is 108 Å². The third-order valence-corrected chi connectivity index (χ3v) is 2.11. The first-order chi connectivity index (χ1) is 8.93. The fourth-order valence-electron chi connectivity index (χ4n) is 1.16. The summed E-state index contributed by atoms with van der Waals surface area (Å²) in [6, 6.07) is 3.23. The number of esters is 1. The third kappa shape index (κ3) is 5.58. The van der Waals surface area contributed by atoms with E-state index in [1.54, 1.807) is 0 Å². The summed E-state index contributed by atoms with van der Waals surface area (Å²) in [5.41, 5.74) is -1.07. The molecule has 0 amide bonds. The van der Waals surface area contributed by atoms with Gasteiger partial charge in [-0.2, -0.15) is 13.2 Å². The van der Waals surface area contributed by atoms with E-state index in [0.29, 0.717) is 0 Å². The fourth-order valence-corrected chi connectivity index (χ4v) is 1.16. The van der Waals surface area contributed by atoms with E-state index in [1.807, 2.05) is 6.92 Å². The van der Waals surface area contributed by atoms with Gasteiger partial charge in [0.2, 0.25) is 5.88 Å². The minimum atomic E-state index is -4.54. The zero-order valence-electron chi connectivity index (χ0n) is 10.4. The quantitative estimate of drug-likeness (QED) is 0.592. The van der Waals surface area contributed by atoms with Crippen LogP contribution in [-0.2, 0) is 15.7 Å². The summed E-state index contributed by atoms with van der Waals surface area (Å²) in [4.78, 5) is 14.4. The second-order valence-electron chi connectivity index (χ2n) is 3.72. The lowest BCUT2D eigenvalue weighted by molar-refractivity contribution is -0.146. The van der Waals surface area contributed by atoms with E-state index in [1.165, 1.54) is 6.07 Å². The van der Waals surface area contributed by atoms with Crippen molar-refractivity contribution in [2.75, 3.05) is 13.2 Å². The summed E-state index contributed by atoms with van der Waals surface area (Å²) in [6.45, 7) is 1.75. The van der Waals surface area contributed by atoms with Gasteiger partial charge in [-0.15, -0.1) is 0 Å². The molecule has 4 nitrogen and oxygen atoms in total. The maximum Gasteiger partial charge on any atom is 0.433 e. The predicted octanol–water partition coefficient (Wildman–Crippen LogP) is 2.82. The second kappa shape index (κ2) is 6.96. The molecule has 0 aromatic carbocycles. The van der Waals surface area contributed by atoms with E-state index in [2.05, 4.69) is 4.98 Å². The van der Waals surface area contributed by atoms with Crippen LogP contribution in [0.25, 0.3) is 0 Å². The minimum absolute atomic E-state index is 0.262. The van der Waals surface area contributed by atoms with Crippen LogP contribution in [-0.4, -0.2) is 24.2 Å². The van der Waals surface area contributed by atoms with Gasteiger partial charge in [0.25, 0.3) is 0 Å². The van der Waals surface area contributed by atoms with Crippen molar-refractivity contribution >= 4 is 5.97 Å². The highest BCUT2D eigenvalue weighted by Gasteiger charge is 2.32. The predicted molar refractivity (Wildman–Crippen MR) is 60.6 cm³/mol. The van der Waals surface area contributed by atoms with Crippen LogP contribution in [0, 0.1) is 0 Å². The van der Waals surface area contributed by atoms with Crippen molar-refractivity contribution in [3.05, 3.63) is 23.9 Å². The van der Waals surface area contributed by atoms with Gasteiger partial charge < -0.3 is 9.47 Å². The molecule has 1 aromatic heterocycles. The van der Waals surface area contributed by atoms with Gasteiger partial charge in [0, 0.05) is 6.07 Å². The number of hydrogen-bond acceptors (Lipinski definition) is 4. The van der Waals surface area contributed by atoms with Gasteiger partial charge in [-0.25, -0.2) is 9.78 Å². The summed E-state index contributed by atoms with van der Waals surface area (Å²) >= 11 is 0. The number of carbonyl (C=O) groups excluding carboxylic acids is 1. The van der Waals surface area contributed by atoms with Gasteiger partial charge in [-0.1, -0.05) is 19.4 Å². The summed E-state index contributed by atoms with van der Waals surface area (Å²) in [7, 11) is 0. The van der Waals surface area contributed by atoms with Crippen molar-refractivity contribution in [3.63, 3.8) is 0 Å². The topological polar surface area (TPSA) is 48.4 Å². The summed E-state index contributed by atoms with van der Waals surface area (Å²) in [5, 5.41) is 0. The van der Waals surface area contributed by atoms with Crippen molar-refractivity contribution in [3.8, 4) is 5.88 Å². The lowest BCUT2D eigenvalue weighted by atomic mass is 10.3. The standard InChI is InChI=1S/C12H14F3NO3/c1-2-3-7-18-11(17)8-19-10-6-4-5-9(16-10)12(13,14)15/h4-6H,2-3,7-8H2,1H3. The first-order valence-corrected chi connectivity index (χ1v) is 5.76. The Bertz CT molecular complexity index is 421. The number of unbranched alkanes of at least 4 members (excludes halogenated alkanes) is 1. The Morgan fingerprint density at radius 1 is 1.37 bits per heavy atom. The number of ether oxygens (including phenoxy) is 2. The van der Waals surface area contributed by atoms with Gasteiger partial charge in [0.05, 0.1) is 6.61 Å². The molecule has 0 aliphatic rings. The first-order valence-electron chi connectivity index (χ1n) is 5.76. The summed E-state index contributed by atoms with van der Waals surface area (Å²) in [6.07, 6.45) is -2.93. The Balaban J connectivity index is 2.47. The van der Waals surface area contributed by atoms with Gasteiger partial charge in [-0.3, -0.25) is 0 Å². The first kappa shape index (κ1) is 15.3. The van der Waals surface area contributed by atoms with Crippen molar-refractivity contribution < 1.29 is 27.4 Å². The number of halogens is 3. The second-order valence-corrected chi connectivity index (χ2v) is 3.72. The number of alkyl halides is 3. The SMILES string of the molecule is CCCCOC(=O)COc1cccc(C(F)(F)F)n1. The third-order valence-electron chi connectivity index (χ3n) is 2.11. The minimum Gasteiger partial charge on any atom is -0.466 e. The van der Waals surface area contributed by atoms with Crippen LogP contribution < -0.4 is 4.74 Å². The molecule has 1 aromatic rings. The van der Waals surface area contributed by atoms with Crippen LogP contribution in [0.15, 0.2) is 18.2 Å². The zero-order chi connectivity index (χ0) is 14.3. The highest BCUT2D eigenvalue weighted by molar-refractivity contribution is 5.70. The van der Waals surface area contributed by atoms with E-state index < -0.39 is 24.4 Å². The van der Waals surface area contributed by atoms with Crippen LogP contribution in [0.4, 0.5) is 13.2 Å². The average Bonchev–Trinajstić information content (AvgIpc) is 2.36. The number of hydrogen-bond donors (Lipinski definition) is 0. The van der Waals surface area contributed by atoms with Crippen LogP contribution in [0.3, 0.4) is 0 Å². The largest absolute Gasteiger partial charge is 0.466 e. The molecule has 19 heavy (non-hydrogen) atoms. The van der Waals surface area contributed by atoms with Crippen molar-refractivity contribution in [2.24, 2.45) is 0 Å². The van der Waals surface area contributed by atoms with Crippen LogP contribution >= 0.6 is 0 Å². The van der Waals surface area contributed by atoms with Gasteiger partial charge in [-0.05, 0) is 12.5 Å². The lowest BCUT2D eigenvalue weighted by Gasteiger charge is -2.08. The van der Waals surface area contributed by atoms with Crippen LogP contribution in [0.5, 0.6) is 5.88 Å². The Hall–Kier alpha value is -1.79. The average molecular weight is 277 g/mol. The molecular formula is C12H14F3NO3. The summed E-state index contributed by atoms with van der Waals surface area (Å²) < 4.78 is 46.7. The van der Waals surface area contributed by atoms with Crippen LogP contribution in [0.1, 0.15) is 25.5 Å². The molecule has 0 unspecified atom stereocenters. The van der Waals surface area contributed by atoms with E-state index in [9.17, 15) is 18.0 Å². The molecule has 1 rings (SSSR count). The number of rotatable bonds is 6. The number of nitrogens with zero attached hydrogens (tertiary/aromatic N) is 1. The van der Waals surface area contributed by atoms with Gasteiger partial charge in [0.15, 0.2) is 6.61 Å². The molecule has 0 N–H and O–H groups in total. The van der Waals surface area contributed by atoms with E-state index >= 15 is 0 Å². The molecule has 0 aliphatic heterocycles. The molecule has 0 saturated heterocycles. The highest BCUT2D eigenvalue weighted by atomic mass is 19.4. The van der Waals surface area contributed by atoms with Crippen molar-refractivity contribution in [1.82, 2.24) is 4.98 Å². The Kier molecular flexibility index (Phi) is 5.59. The molecule has 0 spiro atoms. The molecule has 0 atom stereocenters. The molecule has 106 valence electrons. The van der Waals surface area contributed by atoms with Gasteiger partial charge >= 0.3 is 12.1 Å². The zero-order valence-corrected chi connectivity index (χ0v) is 10.4. The highest BCUT2D eigenvalue weighted by Crippen LogP contribution is 2.28. The maximum absolute atomic E-state index is 12.4. The number of carbonyl (C=O) groups is 1. The monoisotopic (exact) mass is 277 g/mol. The molecule has 0 aliphatic carbocycles. The molecule has 7 heteroatoms. The molecule has 1 heterocycles. The normalized spacial score (nSPS) is 11.2. The number of aromatic nitrogens is 1. The van der Waals surface area contributed by atoms with E-state index in [0.717, 1.165) is 25.0 Å². The molecule has 0 fully saturated rings. The van der Waals surface area contributed by atoms with Crippen molar-refractivity contribution in [1.29, 1.82) is 0 Å². The molecule has 0 bridgehead atoms.